The van der Waals surface area contributed by atoms with E-state index in [1.807, 2.05) is 60.7 Å². The Morgan fingerprint density at radius 1 is 1.00 bits per heavy atom. The number of rotatable bonds is 4. The Morgan fingerprint density at radius 2 is 1.83 bits per heavy atom. The van der Waals surface area contributed by atoms with E-state index in [4.69, 9.17) is 4.74 Å². The summed E-state index contributed by atoms with van der Waals surface area (Å²) in [7, 11) is 1.60. The minimum absolute atomic E-state index is 0.153. The molecule has 0 unspecified atom stereocenters. The van der Waals surface area contributed by atoms with E-state index in [1.165, 1.54) is 0 Å². The number of ether oxygens (including phenoxy) is 1. The maximum Gasteiger partial charge on any atom is 0.125 e. The lowest BCUT2D eigenvalue weighted by atomic mass is 10.0. The van der Waals surface area contributed by atoms with E-state index < -0.39 is 0 Å². The molecule has 1 aromatic heterocycles. The number of hydrogen-bond donors (Lipinski definition) is 1. The predicted octanol–water partition coefficient (Wildman–Crippen LogP) is 4.81. The summed E-state index contributed by atoms with van der Waals surface area (Å²) in [4.78, 5) is 4.40. The van der Waals surface area contributed by atoms with Crippen molar-refractivity contribution in [3.05, 3.63) is 84.2 Å². The van der Waals surface area contributed by atoms with Crippen LogP contribution in [-0.2, 0) is 0 Å². The fourth-order valence-corrected chi connectivity index (χ4v) is 2.39. The third kappa shape index (κ3) is 3.40. The van der Waals surface area contributed by atoms with E-state index in [9.17, 15) is 5.11 Å². The molecule has 3 heteroatoms. The fourth-order valence-electron chi connectivity index (χ4n) is 2.39. The second-order valence-electron chi connectivity index (χ2n) is 5.06. The van der Waals surface area contributed by atoms with Crippen LogP contribution in [0, 0.1) is 0 Å². The predicted molar refractivity (Wildman–Crippen MR) is 93.2 cm³/mol. The highest BCUT2D eigenvalue weighted by Gasteiger charge is 2.07. The Labute approximate surface area is 135 Å². The summed E-state index contributed by atoms with van der Waals surface area (Å²) in [6.45, 7) is 0. The number of aromatic nitrogens is 1. The molecule has 114 valence electrons. The molecular weight excluding hydrogens is 286 g/mol. The number of nitrogens with zero attached hydrogens (tertiary/aromatic N) is 1. The first-order valence-electron chi connectivity index (χ1n) is 7.33. The molecule has 1 N–H and O–H groups in total. The summed E-state index contributed by atoms with van der Waals surface area (Å²) >= 11 is 0. The molecule has 3 rings (SSSR count). The van der Waals surface area contributed by atoms with Crippen molar-refractivity contribution in [1.29, 1.82) is 0 Å². The highest BCUT2D eigenvalue weighted by atomic mass is 16.5. The largest absolute Gasteiger partial charge is 0.507 e. The van der Waals surface area contributed by atoms with Crippen molar-refractivity contribution in [2.75, 3.05) is 7.11 Å². The van der Waals surface area contributed by atoms with Crippen LogP contribution in [0.2, 0.25) is 0 Å². The van der Waals surface area contributed by atoms with Crippen LogP contribution in [0.5, 0.6) is 5.75 Å². The van der Waals surface area contributed by atoms with Gasteiger partial charge in [-0.3, -0.25) is 4.98 Å². The fraction of sp³-hybridized carbons (Fsp3) is 0.0500. The van der Waals surface area contributed by atoms with Crippen molar-refractivity contribution in [3.8, 4) is 16.9 Å². The molecule has 0 bridgehead atoms. The van der Waals surface area contributed by atoms with Gasteiger partial charge in [0.25, 0.3) is 0 Å². The van der Waals surface area contributed by atoms with Crippen LogP contribution in [-0.4, -0.2) is 17.2 Å². The van der Waals surface area contributed by atoms with Crippen LogP contribution in [0.3, 0.4) is 0 Å². The van der Waals surface area contributed by atoms with E-state index >= 15 is 0 Å². The maximum absolute atomic E-state index is 10.4. The molecule has 0 aliphatic heterocycles. The second-order valence-corrected chi connectivity index (χ2v) is 5.06. The van der Waals surface area contributed by atoms with Gasteiger partial charge in [-0.2, -0.15) is 0 Å². The zero-order chi connectivity index (χ0) is 16.1. The minimum atomic E-state index is 0.153. The van der Waals surface area contributed by atoms with Gasteiger partial charge in [0.15, 0.2) is 0 Å². The first-order valence-corrected chi connectivity index (χ1v) is 7.33. The van der Waals surface area contributed by atoms with Crippen LogP contribution in [0.1, 0.15) is 11.3 Å². The van der Waals surface area contributed by atoms with Crippen molar-refractivity contribution >= 4 is 11.8 Å². The van der Waals surface area contributed by atoms with Crippen molar-refractivity contribution in [3.63, 3.8) is 0 Å². The Balaban J connectivity index is 2.02. The molecule has 0 radical (unpaired) electrons. The van der Waals surface area contributed by atoms with Crippen LogP contribution in [0.4, 0.5) is 0 Å². The third-order valence-electron chi connectivity index (χ3n) is 3.56. The zero-order valence-corrected chi connectivity index (χ0v) is 12.8. The number of aliphatic hydroxyl groups excluding tert-OH is 1. The van der Waals surface area contributed by atoms with Gasteiger partial charge in [0.1, 0.15) is 11.5 Å². The van der Waals surface area contributed by atoms with Crippen molar-refractivity contribution in [2.45, 2.75) is 0 Å². The number of benzene rings is 2. The number of aliphatic hydroxyl groups is 1. The molecule has 2 aromatic carbocycles. The minimum Gasteiger partial charge on any atom is -0.507 e. The number of pyridine rings is 1. The highest BCUT2D eigenvalue weighted by Crippen LogP contribution is 2.26. The van der Waals surface area contributed by atoms with Gasteiger partial charge < -0.3 is 9.84 Å². The summed E-state index contributed by atoms with van der Waals surface area (Å²) < 4.78 is 5.19. The number of hydrogen-bond acceptors (Lipinski definition) is 3. The quantitative estimate of drug-likeness (QED) is 0.703. The molecule has 0 saturated heterocycles. The van der Waals surface area contributed by atoms with Crippen molar-refractivity contribution in [1.82, 2.24) is 4.98 Å². The maximum atomic E-state index is 10.4. The van der Waals surface area contributed by atoms with E-state index in [0.717, 1.165) is 16.8 Å². The normalized spacial score (nSPS) is 11.3. The Kier molecular flexibility index (Phi) is 4.39. The van der Waals surface area contributed by atoms with E-state index in [-0.39, 0.29) is 5.76 Å². The molecule has 1 heterocycles. The summed E-state index contributed by atoms with van der Waals surface area (Å²) in [6, 6.07) is 21.2. The smallest absolute Gasteiger partial charge is 0.125 e. The first kappa shape index (κ1) is 14.9. The molecule has 0 aliphatic carbocycles. The van der Waals surface area contributed by atoms with Gasteiger partial charge in [0.05, 0.1) is 12.8 Å². The molecule has 0 saturated carbocycles. The van der Waals surface area contributed by atoms with E-state index in [2.05, 4.69) is 4.98 Å². The van der Waals surface area contributed by atoms with Gasteiger partial charge in [0, 0.05) is 23.4 Å². The highest BCUT2D eigenvalue weighted by molar-refractivity contribution is 5.82. The average Bonchev–Trinajstić information content (AvgIpc) is 2.63. The standard InChI is InChI=1S/C20H17NO2/c1-23-17-10-5-9-16(13-17)20(22)14-19-18(11-6-12-21-19)15-7-3-2-4-8-15/h2-14,22H,1H3/b20-14+. The monoisotopic (exact) mass is 303 g/mol. The van der Waals surface area contributed by atoms with Gasteiger partial charge in [-0.25, -0.2) is 0 Å². The lowest BCUT2D eigenvalue weighted by Crippen LogP contribution is -1.90. The van der Waals surface area contributed by atoms with Gasteiger partial charge in [0.2, 0.25) is 0 Å². The summed E-state index contributed by atoms with van der Waals surface area (Å²) in [5.41, 5.74) is 3.45. The Morgan fingerprint density at radius 3 is 2.61 bits per heavy atom. The Bertz CT molecular complexity index is 826. The molecule has 0 fully saturated rings. The molecule has 3 aromatic rings. The zero-order valence-electron chi connectivity index (χ0n) is 12.8. The van der Waals surface area contributed by atoms with Gasteiger partial charge in [-0.05, 0) is 23.8 Å². The van der Waals surface area contributed by atoms with Crippen molar-refractivity contribution in [2.24, 2.45) is 0 Å². The SMILES string of the molecule is COc1cccc(/C(O)=C\c2ncccc2-c2ccccc2)c1. The lowest BCUT2D eigenvalue weighted by Gasteiger charge is -2.07. The van der Waals surface area contributed by atoms with Crippen LogP contribution in [0.25, 0.3) is 23.0 Å². The van der Waals surface area contributed by atoms with E-state index in [0.29, 0.717) is 11.3 Å². The summed E-state index contributed by atoms with van der Waals surface area (Å²) in [5, 5.41) is 10.4. The van der Waals surface area contributed by atoms with E-state index in [1.54, 1.807) is 25.4 Å². The third-order valence-corrected chi connectivity index (χ3v) is 3.56. The summed E-state index contributed by atoms with van der Waals surface area (Å²) in [6.07, 6.45) is 3.40. The molecule has 0 aliphatic rings. The molecule has 3 nitrogen and oxygen atoms in total. The lowest BCUT2D eigenvalue weighted by molar-refractivity contribution is 0.414. The van der Waals surface area contributed by atoms with Gasteiger partial charge >= 0.3 is 0 Å². The van der Waals surface area contributed by atoms with Crippen molar-refractivity contribution < 1.29 is 9.84 Å². The average molecular weight is 303 g/mol. The summed E-state index contributed by atoms with van der Waals surface area (Å²) in [5.74, 6) is 0.853. The Hall–Kier alpha value is -3.07. The molecule has 0 atom stereocenters. The van der Waals surface area contributed by atoms with Gasteiger partial charge in [-0.1, -0.05) is 48.5 Å². The molecule has 23 heavy (non-hydrogen) atoms. The molecule has 0 amide bonds. The van der Waals surface area contributed by atoms with Crippen LogP contribution in [0.15, 0.2) is 72.9 Å². The second kappa shape index (κ2) is 6.79. The van der Waals surface area contributed by atoms with Gasteiger partial charge in [-0.15, -0.1) is 0 Å². The molecular formula is C20H17NO2. The molecule has 0 spiro atoms. The number of methoxy groups -OCH3 is 1. The van der Waals surface area contributed by atoms with Crippen LogP contribution < -0.4 is 4.74 Å². The van der Waals surface area contributed by atoms with Crippen LogP contribution >= 0.6 is 0 Å². The topological polar surface area (TPSA) is 42.4 Å². The first-order chi connectivity index (χ1) is 11.3.